The minimum atomic E-state index is -0.0133. The lowest BCUT2D eigenvalue weighted by Gasteiger charge is -2.36. The average Bonchev–Trinajstić information content (AvgIpc) is 2.46. The zero-order valence-electron chi connectivity index (χ0n) is 10.7. The number of carbonyl (C=O) groups is 1. The van der Waals surface area contributed by atoms with E-state index in [1.54, 1.807) is 12.1 Å². The molecule has 0 bridgehead atoms. The van der Waals surface area contributed by atoms with Crippen molar-refractivity contribution in [3.05, 3.63) is 34.9 Å². The van der Waals surface area contributed by atoms with Gasteiger partial charge in [0.05, 0.1) is 10.6 Å². The maximum absolute atomic E-state index is 12.3. The Morgan fingerprint density at radius 1 is 1.21 bits per heavy atom. The Labute approximate surface area is 123 Å². The van der Waals surface area contributed by atoms with E-state index in [-0.39, 0.29) is 5.91 Å². The molecule has 1 heterocycles. The summed E-state index contributed by atoms with van der Waals surface area (Å²) in [6.45, 7) is 2.81. The van der Waals surface area contributed by atoms with Crippen molar-refractivity contribution in [1.82, 2.24) is 15.1 Å². The molecule has 1 aliphatic heterocycles. The van der Waals surface area contributed by atoms with E-state index in [1.165, 1.54) is 0 Å². The van der Waals surface area contributed by atoms with E-state index in [0.29, 0.717) is 23.7 Å². The van der Waals surface area contributed by atoms with Crippen LogP contribution in [0.15, 0.2) is 24.3 Å². The molecule has 1 N–H and O–H groups in total. The highest BCUT2D eigenvalue weighted by molar-refractivity contribution is 7.80. The number of nitrogens with zero attached hydrogens (tertiary/aromatic N) is 2. The zero-order chi connectivity index (χ0) is 13.8. The Morgan fingerprint density at radius 3 is 2.37 bits per heavy atom. The Bertz CT molecular complexity index is 487. The van der Waals surface area contributed by atoms with Gasteiger partial charge in [-0.3, -0.25) is 4.79 Å². The van der Waals surface area contributed by atoms with Gasteiger partial charge in [-0.1, -0.05) is 23.7 Å². The lowest BCUT2D eigenvalue weighted by atomic mass is 10.2. The molecule has 1 fully saturated rings. The standard InChI is InChI=1S/C13H16ClN3OS/c1-15-13(19)17-8-6-16(7-9-17)12(18)10-4-2-3-5-11(10)14/h2-5H,6-9H2,1H3,(H,15,19). The van der Waals surface area contributed by atoms with Crippen LogP contribution in [0.4, 0.5) is 0 Å². The molecule has 1 aliphatic rings. The van der Waals surface area contributed by atoms with Crippen molar-refractivity contribution >= 4 is 34.8 Å². The second-order valence-electron chi connectivity index (χ2n) is 4.31. The molecule has 4 nitrogen and oxygen atoms in total. The molecule has 1 amide bonds. The zero-order valence-corrected chi connectivity index (χ0v) is 12.3. The fourth-order valence-corrected chi connectivity index (χ4v) is 2.47. The van der Waals surface area contributed by atoms with Crippen molar-refractivity contribution in [2.45, 2.75) is 0 Å². The van der Waals surface area contributed by atoms with Gasteiger partial charge in [0.2, 0.25) is 0 Å². The van der Waals surface area contributed by atoms with E-state index < -0.39 is 0 Å². The second kappa shape index (κ2) is 6.21. The molecular formula is C13H16ClN3OS. The summed E-state index contributed by atoms with van der Waals surface area (Å²) in [4.78, 5) is 16.2. The Kier molecular flexibility index (Phi) is 4.61. The lowest BCUT2D eigenvalue weighted by Crippen LogP contribution is -2.52. The fourth-order valence-electron chi connectivity index (χ4n) is 2.08. The SMILES string of the molecule is CNC(=S)N1CCN(C(=O)c2ccccc2Cl)CC1. The van der Waals surface area contributed by atoms with Crippen molar-refractivity contribution in [1.29, 1.82) is 0 Å². The maximum Gasteiger partial charge on any atom is 0.255 e. The number of benzene rings is 1. The fraction of sp³-hybridized carbons (Fsp3) is 0.385. The Balaban J connectivity index is 2.00. The quantitative estimate of drug-likeness (QED) is 0.799. The third-order valence-corrected chi connectivity index (χ3v) is 3.96. The number of hydrogen-bond donors (Lipinski definition) is 1. The molecule has 1 aromatic carbocycles. The summed E-state index contributed by atoms with van der Waals surface area (Å²) in [6, 6.07) is 7.14. The van der Waals surface area contributed by atoms with Crippen LogP contribution in [0.3, 0.4) is 0 Å². The Hall–Kier alpha value is -1.33. The summed E-state index contributed by atoms with van der Waals surface area (Å²) < 4.78 is 0. The van der Waals surface area contributed by atoms with Gasteiger partial charge in [0.15, 0.2) is 5.11 Å². The topological polar surface area (TPSA) is 35.6 Å². The molecule has 1 saturated heterocycles. The first-order valence-corrected chi connectivity index (χ1v) is 6.92. The van der Waals surface area contributed by atoms with Gasteiger partial charge in [-0.25, -0.2) is 0 Å². The van der Waals surface area contributed by atoms with Gasteiger partial charge in [0.25, 0.3) is 5.91 Å². The highest BCUT2D eigenvalue weighted by Crippen LogP contribution is 2.18. The van der Waals surface area contributed by atoms with Crippen LogP contribution in [-0.4, -0.2) is 54.0 Å². The predicted octanol–water partition coefficient (Wildman–Crippen LogP) is 1.60. The summed E-state index contributed by atoms with van der Waals surface area (Å²) >= 11 is 11.2. The molecule has 1 aromatic rings. The largest absolute Gasteiger partial charge is 0.366 e. The number of hydrogen-bond acceptors (Lipinski definition) is 2. The molecule has 0 radical (unpaired) electrons. The summed E-state index contributed by atoms with van der Waals surface area (Å²) in [5, 5.41) is 4.18. The molecule has 0 saturated carbocycles. The van der Waals surface area contributed by atoms with Gasteiger partial charge in [0.1, 0.15) is 0 Å². The van der Waals surface area contributed by atoms with Crippen LogP contribution in [0.25, 0.3) is 0 Å². The van der Waals surface area contributed by atoms with Crippen LogP contribution in [0, 0.1) is 0 Å². The smallest absolute Gasteiger partial charge is 0.255 e. The minimum Gasteiger partial charge on any atom is -0.366 e. The van der Waals surface area contributed by atoms with E-state index in [1.807, 2.05) is 24.1 Å². The summed E-state index contributed by atoms with van der Waals surface area (Å²) in [7, 11) is 1.81. The second-order valence-corrected chi connectivity index (χ2v) is 5.11. The number of amides is 1. The molecule has 102 valence electrons. The maximum atomic E-state index is 12.3. The first kappa shape index (κ1) is 14.1. The van der Waals surface area contributed by atoms with Gasteiger partial charge in [-0.15, -0.1) is 0 Å². The van der Waals surface area contributed by atoms with Crippen LogP contribution in [0.5, 0.6) is 0 Å². The van der Waals surface area contributed by atoms with Crippen LogP contribution < -0.4 is 5.32 Å². The molecule has 2 rings (SSSR count). The summed E-state index contributed by atoms with van der Waals surface area (Å²) in [5.74, 6) is -0.0133. The molecular weight excluding hydrogens is 282 g/mol. The highest BCUT2D eigenvalue weighted by Gasteiger charge is 2.23. The number of halogens is 1. The normalized spacial score (nSPS) is 15.3. The van der Waals surface area contributed by atoms with Gasteiger partial charge >= 0.3 is 0 Å². The first-order valence-electron chi connectivity index (χ1n) is 6.14. The van der Waals surface area contributed by atoms with Gasteiger partial charge in [-0.05, 0) is 24.4 Å². The van der Waals surface area contributed by atoms with E-state index >= 15 is 0 Å². The van der Waals surface area contributed by atoms with Crippen molar-refractivity contribution in [2.24, 2.45) is 0 Å². The predicted molar refractivity (Wildman–Crippen MR) is 80.6 cm³/mol. The van der Waals surface area contributed by atoms with Crippen LogP contribution in [-0.2, 0) is 0 Å². The molecule has 0 unspecified atom stereocenters. The van der Waals surface area contributed by atoms with Crippen molar-refractivity contribution in [3.8, 4) is 0 Å². The first-order chi connectivity index (χ1) is 9.13. The van der Waals surface area contributed by atoms with E-state index in [0.717, 1.165) is 18.2 Å². The highest BCUT2D eigenvalue weighted by atomic mass is 35.5. The Morgan fingerprint density at radius 2 is 1.79 bits per heavy atom. The number of thiocarbonyl (C=S) groups is 1. The number of carbonyl (C=O) groups excluding carboxylic acids is 1. The molecule has 19 heavy (non-hydrogen) atoms. The number of piperazine rings is 1. The van der Waals surface area contributed by atoms with Gasteiger partial charge in [0, 0.05) is 33.2 Å². The summed E-state index contributed by atoms with van der Waals surface area (Å²) in [6.07, 6.45) is 0. The van der Waals surface area contributed by atoms with E-state index in [9.17, 15) is 4.79 Å². The van der Waals surface area contributed by atoms with E-state index in [4.69, 9.17) is 23.8 Å². The monoisotopic (exact) mass is 297 g/mol. The van der Waals surface area contributed by atoms with Crippen LogP contribution >= 0.6 is 23.8 Å². The molecule has 0 atom stereocenters. The molecule has 0 spiro atoms. The number of nitrogens with one attached hydrogen (secondary N) is 1. The molecule has 0 aromatic heterocycles. The molecule has 0 aliphatic carbocycles. The third kappa shape index (κ3) is 3.16. The van der Waals surface area contributed by atoms with Crippen LogP contribution in [0.2, 0.25) is 5.02 Å². The van der Waals surface area contributed by atoms with Crippen molar-refractivity contribution < 1.29 is 4.79 Å². The lowest BCUT2D eigenvalue weighted by molar-refractivity contribution is 0.0692. The molecule has 6 heteroatoms. The minimum absolute atomic E-state index is 0.0133. The van der Waals surface area contributed by atoms with Crippen LogP contribution in [0.1, 0.15) is 10.4 Å². The van der Waals surface area contributed by atoms with Gasteiger partial charge in [-0.2, -0.15) is 0 Å². The third-order valence-electron chi connectivity index (χ3n) is 3.17. The van der Waals surface area contributed by atoms with Crippen molar-refractivity contribution in [2.75, 3.05) is 33.2 Å². The van der Waals surface area contributed by atoms with Crippen molar-refractivity contribution in [3.63, 3.8) is 0 Å². The number of rotatable bonds is 1. The van der Waals surface area contributed by atoms with Gasteiger partial charge < -0.3 is 15.1 Å². The van der Waals surface area contributed by atoms with E-state index in [2.05, 4.69) is 10.2 Å². The summed E-state index contributed by atoms with van der Waals surface area (Å²) in [5.41, 5.74) is 0.564. The average molecular weight is 298 g/mol.